The van der Waals surface area contributed by atoms with E-state index in [0.717, 1.165) is 42.0 Å². The van der Waals surface area contributed by atoms with Crippen LogP contribution in [0.1, 0.15) is 17.7 Å². The summed E-state index contributed by atoms with van der Waals surface area (Å²) < 4.78 is 45.5. The molecule has 11 heteroatoms. The lowest BCUT2D eigenvalue weighted by molar-refractivity contribution is -0.135. The molecule has 2 aromatic rings. The van der Waals surface area contributed by atoms with Crippen molar-refractivity contribution >= 4 is 33.2 Å². The maximum Gasteiger partial charge on any atom is 0.241 e. The van der Waals surface area contributed by atoms with Gasteiger partial charge < -0.3 is 15.0 Å². The fourth-order valence-electron chi connectivity index (χ4n) is 3.05. The van der Waals surface area contributed by atoms with Crippen LogP contribution in [0.15, 0.2) is 46.7 Å². The molecule has 1 fully saturated rings. The SMILES string of the molecule is O=C(CN(Cc1cccs1)C(=O)CNS(=O)(=O)c1ccc(F)cc1)NC[C@@H]1CCCO1. The van der Waals surface area contributed by atoms with Crippen LogP contribution in [0.5, 0.6) is 0 Å². The van der Waals surface area contributed by atoms with E-state index in [9.17, 15) is 22.4 Å². The Bertz CT molecular complexity index is 975. The Balaban J connectivity index is 1.59. The quantitative estimate of drug-likeness (QED) is 0.549. The summed E-state index contributed by atoms with van der Waals surface area (Å²) in [4.78, 5) is 27.1. The first-order valence-electron chi connectivity index (χ1n) is 9.77. The summed E-state index contributed by atoms with van der Waals surface area (Å²) in [6.45, 7) is 0.503. The van der Waals surface area contributed by atoms with E-state index < -0.39 is 28.3 Å². The molecule has 1 aromatic carbocycles. The second-order valence-corrected chi connectivity index (χ2v) is 9.85. The number of nitrogens with one attached hydrogen (secondary N) is 2. The Morgan fingerprint density at radius 3 is 2.65 bits per heavy atom. The predicted molar refractivity (Wildman–Crippen MR) is 113 cm³/mol. The maximum atomic E-state index is 13.0. The smallest absolute Gasteiger partial charge is 0.241 e. The van der Waals surface area contributed by atoms with Crippen molar-refractivity contribution in [2.45, 2.75) is 30.4 Å². The molecule has 1 atom stereocenters. The van der Waals surface area contributed by atoms with E-state index in [0.29, 0.717) is 13.2 Å². The minimum absolute atomic E-state index is 0.0204. The molecule has 0 bridgehead atoms. The summed E-state index contributed by atoms with van der Waals surface area (Å²) >= 11 is 1.43. The number of ether oxygens (including phenoxy) is 1. The standard InChI is InChI=1S/C20H24FN3O5S2/c21-15-5-7-18(8-6-15)31(27,28)23-12-20(26)24(13-17-4-2-10-30-17)14-19(25)22-11-16-3-1-9-29-16/h2,4-8,10,16,23H,1,3,9,11-14H2,(H,22,25)/t16-/m0/s1. The largest absolute Gasteiger partial charge is 0.376 e. The van der Waals surface area contributed by atoms with Gasteiger partial charge in [0.25, 0.3) is 0 Å². The molecular formula is C20H24FN3O5S2. The third-order valence-corrected chi connectivity index (χ3v) is 6.98. The molecule has 3 rings (SSSR count). The molecule has 2 N–H and O–H groups in total. The fourth-order valence-corrected chi connectivity index (χ4v) is 4.74. The molecular weight excluding hydrogens is 445 g/mol. The molecule has 0 unspecified atom stereocenters. The molecule has 0 radical (unpaired) electrons. The zero-order valence-electron chi connectivity index (χ0n) is 16.8. The van der Waals surface area contributed by atoms with Gasteiger partial charge in [0, 0.05) is 18.0 Å². The number of rotatable bonds is 10. The lowest BCUT2D eigenvalue weighted by Gasteiger charge is -2.22. The van der Waals surface area contributed by atoms with E-state index in [2.05, 4.69) is 10.0 Å². The van der Waals surface area contributed by atoms with Crippen LogP contribution in [0, 0.1) is 5.82 Å². The Labute approximate surface area is 184 Å². The summed E-state index contributed by atoms with van der Waals surface area (Å²) in [5.74, 6) is -1.46. The highest BCUT2D eigenvalue weighted by Gasteiger charge is 2.22. The number of hydrogen-bond acceptors (Lipinski definition) is 6. The minimum atomic E-state index is -4.00. The number of carbonyl (C=O) groups excluding carboxylic acids is 2. The van der Waals surface area contributed by atoms with Gasteiger partial charge in [-0.3, -0.25) is 9.59 Å². The Hall–Kier alpha value is -2.34. The Morgan fingerprint density at radius 2 is 2.00 bits per heavy atom. The van der Waals surface area contributed by atoms with Crippen molar-refractivity contribution in [1.82, 2.24) is 14.9 Å². The highest BCUT2D eigenvalue weighted by molar-refractivity contribution is 7.89. The van der Waals surface area contributed by atoms with Crippen molar-refractivity contribution in [3.63, 3.8) is 0 Å². The molecule has 2 amide bonds. The lowest BCUT2D eigenvalue weighted by atomic mass is 10.2. The lowest BCUT2D eigenvalue weighted by Crippen LogP contribution is -2.45. The molecule has 1 aliphatic rings. The molecule has 1 saturated heterocycles. The third kappa shape index (κ3) is 7.10. The van der Waals surface area contributed by atoms with Crippen LogP contribution in [-0.4, -0.2) is 57.5 Å². The first kappa shape index (κ1) is 23.3. The van der Waals surface area contributed by atoms with Crippen LogP contribution in [0.25, 0.3) is 0 Å². The summed E-state index contributed by atoms with van der Waals surface area (Å²) in [6, 6.07) is 7.94. The van der Waals surface area contributed by atoms with Gasteiger partial charge in [-0.15, -0.1) is 11.3 Å². The number of thiophene rings is 1. The van der Waals surface area contributed by atoms with Gasteiger partial charge in [-0.1, -0.05) is 6.07 Å². The normalized spacial score (nSPS) is 16.2. The number of amides is 2. The van der Waals surface area contributed by atoms with Crippen molar-refractivity contribution in [1.29, 1.82) is 0 Å². The first-order chi connectivity index (χ1) is 14.8. The van der Waals surface area contributed by atoms with Crippen LogP contribution >= 0.6 is 11.3 Å². The first-order valence-corrected chi connectivity index (χ1v) is 12.1. The summed E-state index contributed by atoms with van der Waals surface area (Å²) in [5.41, 5.74) is 0. The zero-order chi connectivity index (χ0) is 22.3. The van der Waals surface area contributed by atoms with Crippen molar-refractivity contribution in [3.05, 3.63) is 52.5 Å². The monoisotopic (exact) mass is 469 g/mol. The second-order valence-electron chi connectivity index (χ2n) is 7.05. The second kappa shape index (κ2) is 10.8. The van der Waals surface area contributed by atoms with Crippen LogP contribution < -0.4 is 10.0 Å². The number of benzene rings is 1. The number of hydrogen-bond donors (Lipinski definition) is 2. The molecule has 2 heterocycles. The number of halogens is 1. The van der Waals surface area contributed by atoms with E-state index in [1.807, 2.05) is 17.5 Å². The number of nitrogens with zero attached hydrogens (tertiary/aromatic N) is 1. The van der Waals surface area contributed by atoms with Gasteiger partial charge in [-0.2, -0.15) is 0 Å². The van der Waals surface area contributed by atoms with Gasteiger partial charge in [-0.05, 0) is 48.6 Å². The van der Waals surface area contributed by atoms with Gasteiger partial charge in [0.2, 0.25) is 21.8 Å². The van der Waals surface area contributed by atoms with Crippen LogP contribution in [0.3, 0.4) is 0 Å². The Kier molecular flexibility index (Phi) is 8.13. The van der Waals surface area contributed by atoms with Crippen LogP contribution in [-0.2, 0) is 30.9 Å². The van der Waals surface area contributed by atoms with Gasteiger partial charge in [-0.25, -0.2) is 17.5 Å². The van der Waals surface area contributed by atoms with Crippen molar-refractivity contribution in [3.8, 4) is 0 Å². The van der Waals surface area contributed by atoms with Gasteiger partial charge >= 0.3 is 0 Å². The minimum Gasteiger partial charge on any atom is -0.376 e. The van der Waals surface area contributed by atoms with Crippen molar-refractivity contribution in [2.75, 3.05) is 26.2 Å². The van der Waals surface area contributed by atoms with Gasteiger partial charge in [0.05, 0.1) is 30.6 Å². The molecule has 31 heavy (non-hydrogen) atoms. The highest BCUT2D eigenvalue weighted by Crippen LogP contribution is 2.13. The summed E-state index contributed by atoms with van der Waals surface area (Å²) in [6.07, 6.45) is 1.81. The topological polar surface area (TPSA) is 105 Å². The summed E-state index contributed by atoms with van der Waals surface area (Å²) in [5, 5.41) is 4.62. The van der Waals surface area contributed by atoms with Crippen LogP contribution in [0.2, 0.25) is 0 Å². The molecule has 8 nitrogen and oxygen atoms in total. The zero-order valence-corrected chi connectivity index (χ0v) is 18.4. The van der Waals surface area contributed by atoms with Gasteiger partial charge in [0.1, 0.15) is 5.82 Å². The van der Waals surface area contributed by atoms with E-state index in [4.69, 9.17) is 4.74 Å². The van der Waals surface area contributed by atoms with E-state index in [1.165, 1.54) is 16.2 Å². The number of sulfonamides is 1. The highest BCUT2D eigenvalue weighted by atomic mass is 32.2. The fraction of sp³-hybridized carbons (Fsp3) is 0.400. The van der Waals surface area contributed by atoms with E-state index in [-0.39, 0.29) is 30.0 Å². The van der Waals surface area contributed by atoms with Crippen molar-refractivity contribution in [2.24, 2.45) is 0 Å². The molecule has 0 spiro atoms. The molecule has 168 valence electrons. The average Bonchev–Trinajstić information content (AvgIpc) is 3.44. The molecule has 0 saturated carbocycles. The number of carbonyl (C=O) groups is 2. The Morgan fingerprint density at radius 1 is 1.23 bits per heavy atom. The van der Waals surface area contributed by atoms with E-state index >= 15 is 0 Å². The predicted octanol–water partition coefficient (Wildman–Crippen LogP) is 1.49. The summed E-state index contributed by atoms with van der Waals surface area (Å²) in [7, 11) is -4.00. The molecule has 0 aliphatic carbocycles. The molecule has 1 aromatic heterocycles. The van der Waals surface area contributed by atoms with Crippen LogP contribution in [0.4, 0.5) is 4.39 Å². The van der Waals surface area contributed by atoms with Gasteiger partial charge in [0.15, 0.2) is 0 Å². The molecule has 1 aliphatic heterocycles. The maximum absolute atomic E-state index is 13.0. The van der Waals surface area contributed by atoms with E-state index in [1.54, 1.807) is 0 Å². The van der Waals surface area contributed by atoms with Crippen molar-refractivity contribution < 1.29 is 27.1 Å². The average molecular weight is 470 g/mol. The third-order valence-electron chi connectivity index (χ3n) is 4.70.